The molecule has 12 heteroatoms. The van der Waals surface area contributed by atoms with E-state index in [1.54, 1.807) is 6.07 Å². The summed E-state index contributed by atoms with van der Waals surface area (Å²) in [5.41, 5.74) is 0. The summed E-state index contributed by atoms with van der Waals surface area (Å²) in [7, 11) is -7.09. The van der Waals surface area contributed by atoms with Crippen LogP contribution in [0.15, 0.2) is 18.5 Å². The number of rotatable bonds is 30. The minimum atomic E-state index is -3.55. The summed E-state index contributed by atoms with van der Waals surface area (Å²) >= 11 is 0. The summed E-state index contributed by atoms with van der Waals surface area (Å²) < 4.78 is 68.4. The maximum atomic E-state index is 12.6. The van der Waals surface area contributed by atoms with Gasteiger partial charge in [0.25, 0.3) is 10.1 Å². The predicted molar refractivity (Wildman–Crippen MR) is 167 cm³/mol. The van der Waals surface area contributed by atoms with Crippen LogP contribution in [0.5, 0.6) is 6.01 Å². The van der Waals surface area contributed by atoms with Crippen molar-refractivity contribution in [1.82, 2.24) is 9.97 Å². The first-order chi connectivity index (χ1) is 20.2. The Balaban J connectivity index is 2.15. The molecule has 0 aromatic carbocycles. The predicted octanol–water partition coefficient (Wildman–Crippen LogP) is 5.91. The van der Waals surface area contributed by atoms with Crippen molar-refractivity contribution in [3.63, 3.8) is 0 Å². The second-order valence-corrected chi connectivity index (χ2v) is 14.8. The number of ether oxygens (including phenoxy) is 3. The Bertz CT molecular complexity index is 963. The molecule has 0 spiro atoms. The van der Waals surface area contributed by atoms with E-state index in [0.717, 1.165) is 19.1 Å². The Hall–Kier alpha value is -1.34. The van der Waals surface area contributed by atoms with Crippen LogP contribution in [0.25, 0.3) is 0 Å². The van der Waals surface area contributed by atoms with Gasteiger partial charge >= 0.3 is 6.01 Å². The average molecular weight is 637 g/mol. The van der Waals surface area contributed by atoms with Crippen LogP contribution in [0.4, 0.5) is 0 Å². The van der Waals surface area contributed by atoms with E-state index in [1.807, 2.05) is 0 Å². The van der Waals surface area contributed by atoms with E-state index >= 15 is 0 Å². The zero-order chi connectivity index (χ0) is 30.8. The number of hydrogen-bond donors (Lipinski definition) is 0. The lowest BCUT2D eigenvalue weighted by molar-refractivity contribution is 0.0533. The van der Waals surface area contributed by atoms with Gasteiger partial charge in [-0.1, -0.05) is 103 Å². The van der Waals surface area contributed by atoms with Crippen LogP contribution < -0.4 is 4.74 Å². The molecule has 0 aliphatic heterocycles. The number of hydrogen-bond acceptors (Lipinski definition) is 10. The van der Waals surface area contributed by atoms with Crippen LogP contribution in [-0.2, 0) is 33.6 Å². The molecule has 0 radical (unpaired) electrons. The third-order valence-electron chi connectivity index (χ3n) is 6.76. The highest BCUT2D eigenvalue weighted by Gasteiger charge is 2.22. The normalized spacial score (nSPS) is 12.9. The molecule has 1 unspecified atom stereocenters. The molecule has 0 aliphatic carbocycles. The highest BCUT2D eigenvalue weighted by atomic mass is 32.2. The maximum Gasteiger partial charge on any atom is 0.316 e. The monoisotopic (exact) mass is 636 g/mol. The smallest absolute Gasteiger partial charge is 0.316 e. The van der Waals surface area contributed by atoms with Gasteiger partial charge in [-0.2, -0.15) is 8.42 Å². The summed E-state index contributed by atoms with van der Waals surface area (Å²) in [5.74, 6) is -0.506. The van der Waals surface area contributed by atoms with Gasteiger partial charge in [0.1, 0.15) is 6.10 Å². The molecule has 0 saturated heterocycles. The van der Waals surface area contributed by atoms with E-state index in [1.165, 1.54) is 102 Å². The third kappa shape index (κ3) is 25.2. The van der Waals surface area contributed by atoms with E-state index in [-0.39, 0.29) is 43.9 Å². The first kappa shape index (κ1) is 38.7. The summed E-state index contributed by atoms with van der Waals surface area (Å²) in [6, 6.07) is 1.75. The van der Waals surface area contributed by atoms with Crippen LogP contribution in [-0.4, -0.2) is 83.7 Å². The van der Waals surface area contributed by atoms with Gasteiger partial charge in [-0.05, 0) is 12.5 Å². The standard InChI is InChI=1S/C30H56N2O8S2/c1-3-4-5-6-7-8-9-10-11-12-13-14-15-16-17-18-22-38-27-29(40-30-31-20-19-21-32-30)28-42(35,36)26-25-37-23-24-39-41(2,33)34/h19-21,29H,3-18,22-28H2,1-2H3. The molecule has 10 nitrogen and oxygen atoms in total. The zero-order valence-corrected chi connectivity index (χ0v) is 27.7. The Morgan fingerprint density at radius 3 is 1.71 bits per heavy atom. The lowest BCUT2D eigenvalue weighted by atomic mass is 10.0. The molecule has 1 rings (SSSR count). The van der Waals surface area contributed by atoms with Gasteiger partial charge in [-0.25, -0.2) is 18.4 Å². The minimum absolute atomic E-state index is 0.0250. The SMILES string of the molecule is CCCCCCCCCCCCCCCCCCOCC(CS(=O)(=O)CCOCCOS(C)(=O)=O)Oc1ncccn1. The number of aromatic nitrogens is 2. The molecule has 0 amide bonds. The first-order valence-corrected chi connectivity index (χ1v) is 19.5. The zero-order valence-electron chi connectivity index (χ0n) is 26.0. The van der Waals surface area contributed by atoms with Crippen LogP contribution >= 0.6 is 0 Å². The van der Waals surface area contributed by atoms with Crippen molar-refractivity contribution in [2.24, 2.45) is 0 Å². The fourth-order valence-electron chi connectivity index (χ4n) is 4.48. The fraction of sp³-hybridized carbons (Fsp3) is 0.867. The Morgan fingerprint density at radius 2 is 1.19 bits per heavy atom. The molecular formula is C30H56N2O8S2. The molecule has 0 fully saturated rings. The number of unbranched alkanes of at least 4 members (excludes halogenated alkanes) is 15. The van der Waals surface area contributed by atoms with Crippen molar-refractivity contribution in [3.8, 4) is 6.01 Å². The van der Waals surface area contributed by atoms with Crippen LogP contribution in [0.3, 0.4) is 0 Å². The molecule has 1 aromatic heterocycles. The fourth-order valence-corrected chi connectivity index (χ4v) is 6.12. The van der Waals surface area contributed by atoms with E-state index < -0.39 is 26.1 Å². The van der Waals surface area contributed by atoms with Gasteiger partial charge < -0.3 is 14.2 Å². The summed E-state index contributed by atoms with van der Waals surface area (Å²) in [6.07, 6.45) is 24.1. The Morgan fingerprint density at radius 1 is 0.667 bits per heavy atom. The van der Waals surface area contributed by atoms with Crippen molar-refractivity contribution in [3.05, 3.63) is 18.5 Å². The Kier molecular flexibility index (Phi) is 23.1. The Labute approximate surface area is 255 Å². The molecule has 1 aromatic rings. The molecule has 0 bridgehead atoms. The van der Waals surface area contributed by atoms with Crippen LogP contribution in [0, 0.1) is 0 Å². The second-order valence-electron chi connectivity index (χ2n) is 10.9. The lowest BCUT2D eigenvalue weighted by Gasteiger charge is -2.18. The van der Waals surface area contributed by atoms with E-state index in [4.69, 9.17) is 14.2 Å². The molecular weight excluding hydrogens is 580 g/mol. The van der Waals surface area contributed by atoms with Crippen molar-refractivity contribution < 1.29 is 35.2 Å². The highest BCUT2D eigenvalue weighted by Crippen LogP contribution is 2.14. The van der Waals surface area contributed by atoms with Crippen molar-refractivity contribution >= 4 is 20.0 Å². The van der Waals surface area contributed by atoms with Crippen LogP contribution in [0.1, 0.15) is 110 Å². The molecule has 1 atom stereocenters. The third-order valence-corrected chi connectivity index (χ3v) is 9.03. The van der Waals surface area contributed by atoms with Gasteiger partial charge in [-0.15, -0.1) is 0 Å². The topological polar surface area (TPSA) is 131 Å². The quantitative estimate of drug-likeness (QED) is 0.0742. The number of sulfone groups is 1. The lowest BCUT2D eigenvalue weighted by Crippen LogP contribution is -2.34. The van der Waals surface area contributed by atoms with Crippen LogP contribution in [0.2, 0.25) is 0 Å². The van der Waals surface area contributed by atoms with Gasteiger partial charge in [0, 0.05) is 19.0 Å². The largest absolute Gasteiger partial charge is 0.457 e. The summed E-state index contributed by atoms with van der Waals surface area (Å²) in [4.78, 5) is 8.05. The molecule has 42 heavy (non-hydrogen) atoms. The average Bonchev–Trinajstić information content (AvgIpc) is 2.94. The maximum absolute atomic E-state index is 12.6. The summed E-state index contributed by atoms with van der Waals surface area (Å²) in [6.45, 7) is 2.65. The molecule has 0 saturated carbocycles. The summed E-state index contributed by atoms with van der Waals surface area (Å²) in [5, 5.41) is 0. The molecule has 0 aliphatic rings. The van der Waals surface area contributed by atoms with Gasteiger partial charge in [0.2, 0.25) is 0 Å². The van der Waals surface area contributed by atoms with E-state index in [9.17, 15) is 16.8 Å². The molecule has 0 N–H and O–H groups in total. The molecule has 246 valence electrons. The van der Waals surface area contributed by atoms with Gasteiger partial charge in [0.05, 0.1) is 44.2 Å². The second kappa shape index (κ2) is 25.0. The number of nitrogens with zero attached hydrogens (tertiary/aromatic N) is 2. The first-order valence-electron chi connectivity index (χ1n) is 15.9. The van der Waals surface area contributed by atoms with E-state index in [2.05, 4.69) is 21.1 Å². The molecule has 1 heterocycles. The van der Waals surface area contributed by atoms with Crippen molar-refractivity contribution in [2.45, 2.75) is 116 Å². The van der Waals surface area contributed by atoms with Gasteiger partial charge in [-0.3, -0.25) is 4.18 Å². The van der Waals surface area contributed by atoms with E-state index in [0.29, 0.717) is 6.61 Å². The minimum Gasteiger partial charge on any atom is -0.457 e. The van der Waals surface area contributed by atoms with Crippen molar-refractivity contribution in [1.29, 1.82) is 0 Å². The highest BCUT2D eigenvalue weighted by molar-refractivity contribution is 7.91. The van der Waals surface area contributed by atoms with Gasteiger partial charge in [0.15, 0.2) is 9.84 Å². The van der Waals surface area contributed by atoms with Crippen molar-refractivity contribution in [2.75, 3.05) is 50.8 Å².